The van der Waals surface area contributed by atoms with E-state index in [1.54, 1.807) is 0 Å². The highest BCUT2D eigenvalue weighted by Gasteiger charge is 2.19. The lowest BCUT2D eigenvalue weighted by Gasteiger charge is -2.25. The van der Waals surface area contributed by atoms with Gasteiger partial charge in [-0.05, 0) is 54.8 Å². The molecule has 0 spiro atoms. The highest BCUT2D eigenvalue weighted by Crippen LogP contribution is 2.32. The summed E-state index contributed by atoms with van der Waals surface area (Å²) < 4.78 is 0. The number of nitriles is 1. The van der Waals surface area contributed by atoms with Crippen molar-refractivity contribution in [3.05, 3.63) is 0 Å². The van der Waals surface area contributed by atoms with Crippen LogP contribution in [0.1, 0.15) is 157 Å². The van der Waals surface area contributed by atoms with Crippen LogP contribution < -0.4 is 0 Å². The van der Waals surface area contributed by atoms with E-state index in [9.17, 15) is 0 Å². The van der Waals surface area contributed by atoms with E-state index in [-0.39, 0.29) is 0 Å². The summed E-state index contributed by atoms with van der Waals surface area (Å²) in [5, 5.41) is 8.66. The van der Waals surface area contributed by atoms with Crippen molar-refractivity contribution in [2.24, 2.45) is 35.5 Å². The largest absolute Gasteiger partial charge is 0.198 e. The first-order valence-corrected chi connectivity index (χ1v) is 14.8. The predicted molar refractivity (Wildman–Crippen MR) is 143 cm³/mol. The minimum absolute atomic E-state index is 0.744. The van der Waals surface area contributed by atoms with Crippen molar-refractivity contribution in [2.45, 2.75) is 157 Å². The van der Waals surface area contributed by atoms with Gasteiger partial charge in [-0.15, -0.1) is 0 Å². The first-order chi connectivity index (χ1) is 15.5. The molecule has 0 aliphatic heterocycles. The summed E-state index contributed by atoms with van der Waals surface area (Å²) in [7, 11) is 0. The Bertz CT molecular complexity index is 446. The zero-order valence-corrected chi connectivity index (χ0v) is 22.8. The second kappa shape index (κ2) is 18.9. The van der Waals surface area contributed by atoms with E-state index in [1.807, 2.05) is 0 Å². The lowest BCUT2D eigenvalue weighted by Crippen LogP contribution is -2.13. The van der Waals surface area contributed by atoms with Crippen LogP contribution in [-0.4, -0.2) is 0 Å². The van der Waals surface area contributed by atoms with E-state index < -0.39 is 0 Å². The summed E-state index contributed by atoms with van der Waals surface area (Å²) in [5.41, 5.74) is 0. The Labute approximate surface area is 203 Å². The topological polar surface area (TPSA) is 23.8 Å². The molecule has 2 aliphatic carbocycles. The van der Waals surface area contributed by atoms with Crippen LogP contribution in [-0.2, 0) is 0 Å². The molecule has 0 bridgehead atoms. The summed E-state index contributed by atoms with van der Waals surface area (Å²) in [6.45, 7) is 11.8. The maximum absolute atomic E-state index is 8.66. The molecule has 2 atom stereocenters. The van der Waals surface area contributed by atoms with Gasteiger partial charge in [-0.3, -0.25) is 0 Å². The molecule has 0 N–H and O–H groups in total. The highest BCUT2D eigenvalue weighted by atomic mass is 14.3. The Morgan fingerprint density at radius 2 is 1.03 bits per heavy atom. The molecular formula is C31H59N. The van der Waals surface area contributed by atoms with Crippen LogP contribution in [0, 0.1) is 46.8 Å². The number of nitrogens with zero attached hydrogens (tertiary/aromatic N) is 1. The van der Waals surface area contributed by atoms with Crippen molar-refractivity contribution >= 4 is 0 Å². The van der Waals surface area contributed by atoms with Gasteiger partial charge in [0.15, 0.2) is 0 Å². The van der Waals surface area contributed by atoms with Gasteiger partial charge in [-0.2, -0.15) is 5.26 Å². The summed E-state index contributed by atoms with van der Waals surface area (Å²) in [6.07, 6.45) is 26.8. The average molecular weight is 446 g/mol. The fraction of sp³-hybridized carbons (Fsp3) is 0.968. The molecule has 2 unspecified atom stereocenters. The Morgan fingerprint density at radius 3 is 1.41 bits per heavy atom. The van der Waals surface area contributed by atoms with Crippen molar-refractivity contribution in [3.8, 4) is 6.07 Å². The van der Waals surface area contributed by atoms with Crippen molar-refractivity contribution in [1.82, 2.24) is 0 Å². The molecule has 2 aliphatic rings. The third kappa shape index (κ3) is 13.9. The fourth-order valence-electron chi connectivity index (χ4n) is 6.27. The first-order valence-electron chi connectivity index (χ1n) is 14.8. The Morgan fingerprint density at radius 1 is 0.625 bits per heavy atom. The second-order valence-corrected chi connectivity index (χ2v) is 12.0. The van der Waals surface area contributed by atoms with Crippen LogP contribution in [0.15, 0.2) is 0 Å². The average Bonchev–Trinajstić information content (AvgIpc) is 3.06. The molecule has 0 heterocycles. The molecule has 2 saturated carbocycles. The standard InChI is InChI=1S/C16H32.C15H27N/c1-4-9-16(14(2)3)13-12-15-10-7-5-6-8-11-15;1-13(2)15(9-6-12-16)11-10-14-7-4-3-5-8-14/h14-16H,4-13H2,1-3H3;13-15H,3-11H2,1-2H3. The number of hydrogen-bond acceptors (Lipinski definition) is 1. The van der Waals surface area contributed by atoms with Crippen LogP contribution in [0.25, 0.3) is 0 Å². The van der Waals surface area contributed by atoms with Crippen LogP contribution in [0.3, 0.4) is 0 Å². The smallest absolute Gasteiger partial charge is 0.0621 e. The van der Waals surface area contributed by atoms with E-state index in [2.05, 4.69) is 40.7 Å². The third-order valence-corrected chi connectivity index (χ3v) is 8.76. The van der Waals surface area contributed by atoms with Gasteiger partial charge in [0.2, 0.25) is 0 Å². The lowest BCUT2D eigenvalue weighted by molar-refractivity contribution is 0.269. The number of hydrogen-bond donors (Lipinski definition) is 0. The summed E-state index contributed by atoms with van der Waals surface area (Å²) in [5.74, 6) is 5.48. The highest BCUT2D eigenvalue weighted by molar-refractivity contribution is 4.75. The summed E-state index contributed by atoms with van der Waals surface area (Å²) in [6, 6.07) is 2.29. The molecule has 0 aromatic heterocycles. The van der Waals surface area contributed by atoms with Crippen LogP contribution in [0.5, 0.6) is 0 Å². The maximum Gasteiger partial charge on any atom is 0.0621 e. The normalized spacial score (nSPS) is 20.3. The van der Waals surface area contributed by atoms with Crippen LogP contribution >= 0.6 is 0 Å². The number of rotatable bonds is 12. The fourth-order valence-corrected chi connectivity index (χ4v) is 6.27. The van der Waals surface area contributed by atoms with Crippen molar-refractivity contribution in [1.29, 1.82) is 5.26 Å². The van der Waals surface area contributed by atoms with E-state index >= 15 is 0 Å². The van der Waals surface area contributed by atoms with Crippen molar-refractivity contribution in [3.63, 3.8) is 0 Å². The molecule has 2 rings (SSSR count). The molecule has 188 valence electrons. The molecule has 0 amide bonds. The minimum Gasteiger partial charge on any atom is -0.198 e. The van der Waals surface area contributed by atoms with Gasteiger partial charge in [0.1, 0.15) is 0 Å². The van der Waals surface area contributed by atoms with Crippen LogP contribution in [0.2, 0.25) is 0 Å². The zero-order chi connectivity index (χ0) is 23.6. The molecule has 32 heavy (non-hydrogen) atoms. The molecule has 1 heteroatoms. The molecule has 0 aromatic rings. The first kappa shape index (κ1) is 29.5. The van der Waals surface area contributed by atoms with Crippen molar-refractivity contribution in [2.75, 3.05) is 0 Å². The second-order valence-electron chi connectivity index (χ2n) is 12.0. The molecule has 0 saturated heterocycles. The zero-order valence-electron chi connectivity index (χ0n) is 22.8. The molecule has 2 fully saturated rings. The quantitative estimate of drug-likeness (QED) is 0.274. The SMILES string of the molecule is CC(C)C(CCC#N)CCC1CCCCC1.CCCC(CCC1CCCCCC1)C(C)C. The van der Waals surface area contributed by atoms with Gasteiger partial charge in [0, 0.05) is 6.42 Å². The van der Waals surface area contributed by atoms with Gasteiger partial charge in [-0.1, -0.05) is 131 Å². The van der Waals surface area contributed by atoms with E-state index in [0.717, 1.165) is 48.3 Å². The molecule has 1 nitrogen and oxygen atoms in total. The minimum atomic E-state index is 0.744. The Hall–Kier alpha value is -0.510. The van der Waals surface area contributed by atoms with E-state index in [1.165, 1.54) is 109 Å². The molecule has 0 aromatic carbocycles. The van der Waals surface area contributed by atoms with Crippen molar-refractivity contribution < 1.29 is 0 Å². The van der Waals surface area contributed by atoms with Gasteiger partial charge in [0.25, 0.3) is 0 Å². The van der Waals surface area contributed by atoms with Crippen LogP contribution in [0.4, 0.5) is 0 Å². The molecule has 0 radical (unpaired) electrons. The summed E-state index contributed by atoms with van der Waals surface area (Å²) in [4.78, 5) is 0. The maximum atomic E-state index is 8.66. The third-order valence-electron chi connectivity index (χ3n) is 8.76. The Balaban J connectivity index is 0.000000320. The predicted octanol–water partition coefficient (Wildman–Crippen LogP) is 10.7. The van der Waals surface area contributed by atoms with Gasteiger partial charge >= 0.3 is 0 Å². The Kier molecular flexibility index (Phi) is 17.4. The monoisotopic (exact) mass is 445 g/mol. The van der Waals surface area contributed by atoms with E-state index in [4.69, 9.17) is 5.26 Å². The van der Waals surface area contributed by atoms with E-state index in [0.29, 0.717) is 0 Å². The molecular weight excluding hydrogens is 386 g/mol. The van der Waals surface area contributed by atoms with Gasteiger partial charge in [0.05, 0.1) is 6.07 Å². The summed E-state index contributed by atoms with van der Waals surface area (Å²) >= 11 is 0. The van der Waals surface area contributed by atoms with Gasteiger partial charge in [-0.25, -0.2) is 0 Å². The van der Waals surface area contributed by atoms with Gasteiger partial charge < -0.3 is 0 Å². The lowest BCUT2D eigenvalue weighted by atomic mass is 9.80.